The Labute approximate surface area is 139 Å². The molecule has 1 N–H and O–H groups in total. The van der Waals surface area contributed by atoms with Crippen molar-refractivity contribution in [3.05, 3.63) is 36.1 Å². The molecule has 0 aliphatic rings. The van der Waals surface area contributed by atoms with E-state index in [1.807, 2.05) is 26.0 Å². The smallest absolute Gasteiger partial charge is 0.328 e. The number of carbonyl (C=O) groups excluding carboxylic acids is 2. The molecule has 1 aromatic heterocycles. The molecule has 7 heteroatoms. The molecular formula is C17H20N2O5. The Morgan fingerprint density at radius 3 is 2.38 bits per heavy atom. The number of amides is 1. The summed E-state index contributed by atoms with van der Waals surface area (Å²) in [6.45, 7) is 3.62. The van der Waals surface area contributed by atoms with Gasteiger partial charge in [0.05, 0.1) is 14.2 Å². The molecule has 1 atom stereocenters. The molecule has 0 saturated carbocycles. The molecule has 128 valence electrons. The van der Waals surface area contributed by atoms with E-state index in [1.54, 1.807) is 19.2 Å². The van der Waals surface area contributed by atoms with Gasteiger partial charge in [-0.2, -0.15) is 0 Å². The topological polar surface area (TPSA) is 90.7 Å². The van der Waals surface area contributed by atoms with Gasteiger partial charge in [-0.05, 0) is 30.2 Å². The van der Waals surface area contributed by atoms with Crippen molar-refractivity contribution < 1.29 is 23.6 Å². The predicted octanol–water partition coefficient (Wildman–Crippen LogP) is 2.28. The van der Waals surface area contributed by atoms with Crippen molar-refractivity contribution in [2.75, 3.05) is 14.2 Å². The lowest BCUT2D eigenvalue weighted by atomic mass is 10.0. The first-order chi connectivity index (χ1) is 11.5. The van der Waals surface area contributed by atoms with Gasteiger partial charge in [-0.15, -0.1) is 0 Å². The highest BCUT2D eigenvalue weighted by atomic mass is 16.5. The Kier molecular flexibility index (Phi) is 5.57. The van der Waals surface area contributed by atoms with Gasteiger partial charge < -0.3 is 19.3 Å². The lowest BCUT2D eigenvalue weighted by molar-refractivity contribution is -0.144. The number of nitrogens with zero attached hydrogens (tertiary/aromatic N) is 1. The molecule has 7 nitrogen and oxygen atoms in total. The van der Waals surface area contributed by atoms with E-state index in [2.05, 4.69) is 10.5 Å². The maximum Gasteiger partial charge on any atom is 0.328 e. The van der Waals surface area contributed by atoms with Crippen molar-refractivity contribution in [1.29, 1.82) is 0 Å². The number of hydrogen-bond acceptors (Lipinski definition) is 6. The van der Waals surface area contributed by atoms with Crippen molar-refractivity contribution in [1.82, 2.24) is 10.5 Å². The van der Waals surface area contributed by atoms with E-state index in [9.17, 15) is 9.59 Å². The van der Waals surface area contributed by atoms with Crippen molar-refractivity contribution in [2.24, 2.45) is 5.92 Å². The molecule has 0 bridgehead atoms. The zero-order valence-corrected chi connectivity index (χ0v) is 14.0. The molecule has 1 amide bonds. The summed E-state index contributed by atoms with van der Waals surface area (Å²) in [6, 6.07) is 7.96. The van der Waals surface area contributed by atoms with Crippen LogP contribution >= 0.6 is 0 Å². The van der Waals surface area contributed by atoms with E-state index in [1.165, 1.54) is 13.2 Å². The Morgan fingerprint density at radius 1 is 1.17 bits per heavy atom. The van der Waals surface area contributed by atoms with Gasteiger partial charge in [0.15, 0.2) is 0 Å². The predicted molar refractivity (Wildman–Crippen MR) is 86.6 cm³/mol. The number of benzene rings is 1. The first-order valence-corrected chi connectivity index (χ1v) is 7.46. The van der Waals surface area contributed by atoms with E-state index in [4.69, 9.17) is 14.0 Å². The molecule has 0 radical (unpaired) electrons. The summed E-state index contributed by atoms with van der Waals surface area (Å²) in [5, 5.41) is 6.49. The fourth-order valence-corrected chi connectivity index (χ4v) is 2.12. The van der Waals surface area contributed by atoms with Crippen LogP contribution in [0.25, 0.3) is 11.3 Å². The normalized spacial score (nSPS) is 11.9. The fourth-order valence-electron chi connectivity index (χ4n) is 2.12. The van der Waals surface area contributed by atoms with Crippen molar-refractivity contribution in [3.8, 4) is 17.0 Å². The summed E-state index contributed by atoms with van der Waals surface area (Å²) in [5.74, 6) is -0.404. The SMILES string of the molecule is COC(=O)[C@@H](NC(=O)c1cc(-c2ccc(OC)cc2)no1)C(C)C. The third-order valence-electron chi connectivity index (χ3n) is 3.53. The number of esters is 1. The maximum absolute atomic E-state index is 12.3. The molecule has 0 spiro atoms. The van der Waals surface area contributed by atoms with Crippen LogP contribution in [0.5, 0.6) is 5.75 Å². The molecule has 1 heterocycles. The molecule has 0 saturated heterocycles. The molecule has 0 unspecified atom stereocenters. The summed E-state index contributed by atoms with van der Waals surface area (Å²) in [5.41, 5.74) is 1.30. The van der Waals surface area contributed by atoms with Crippen LogP contribution in [0.1, 0.15) is 24.4 Å². The van der Waals surface area contributed by atoms with Gasteiger partial charge >= 0.3 is 5.97 Å². The molecule has 2 aromatic rings. The highest BCUT2D eigenvalue weighted by Crippen LogP contribution is 2.22. The second-order valence-electron chi connectivity index (χ2n) is 5.52. The third-order valence-corrected chi connectivity index (χ3v) is 3.53. The molecule has 24 heavy (non-hydrogen) atoms. The molecule has 1 aromatic carbocycles. The van der Waals surface area contributed by atoms with Crippen LogP contribution in [0.4, 0.5) is 0 Å². The Hall–Kier alpha value is -2.83. The summed E-state index contributed by atoms with van der Waals surface area (Å²) >= 11 is 0. The zero-order chi connectivity index (χ0) is 17.7. The lowest BCUT2D eigenvalue weighted by Gasteiger charge is -2.18. The van der Waals surface area contributed by atoms with Crippen molar-refractivity contribution in [3.63, 3.8) is 0 Å². The van der Waals surface area contributed by atoms with Gasteiger partial charge in [-0.1, -0.05) is 19.0 Å². The van der Waals surface area contributed by atoms with Crippen LogP contribution in [0.3, 0.4) is 0 Å². The number of rotatable bonds is 6. The number of carbonyl (C=O) groups is 2. The van der Waals surface area contributed by atoms with Gasteiger partial charge in [0, 0.05) is 11.6 Å². The number of ether oxygens (including phenoxy) is 2. The second-order valence-corrected chi connectivity index (χ2v) is 5.52. The number of methoxy groups -OCH3 is 2. The lowest BCUT2D eigenvalue weighted by Crippen LogP contribution is -2.44. The second kappa shape index (κ2) is 7.63. The van der Waals surface area contributed by atoms with Crippen LogP contribution in [0, 0.1) is 5.92 Å². The highest BCUT2D eigenvalue weighted by molar-refractivity contribution is 5.95. The molecule has 0 fully saturated rings. The van der Waals surface area contributed by atoms with Gasteiger partial charge in [0.25, 0.3) is 5.91 Å². The van der Waals surface area contributed by atoms with Gasteiger partial charge in [-0.3, -0.25) is 4.79 Å². The van der Waals surface area contributed by atoms with Crippen molar-refractivity contribution >= 4 is 11.9 Å². The fraction of sp³-hybridized carbons (Fsp3) is 0.353. The van der Waals surface area contributed by atoms with Crippen LogP contribution in [0.15, 0.2) is 34.9 Å². The summed E-state index contributed by atoms with van der Waals surface area (Å²) in [7, 11) is 2.86. The standard InChI is InChI=1S/C17H20N2O5/c1-10(2)15(17(21)23-4)18-16(20)14-9-13(19-24-14)11-5-7-12(22-3)8-6-11/h5-10,15H,1-4H3,(H,18,20)/t15-/m0/s1. The minimum atomic E-state index is -0.753. The van der Waals surface area contributed by atoms with Crippen LogP contribution < -0.4 is 10.1 Å². The van der Waals surface area contributed by atoms with Gasteiger partial charge in [0.2, 0.25) is 5.76 Å². The van der Waals surface area contributed by atoms with Crippen LogP contribution in [-0.4, -0.2) is 37.3 Å². The van der Waals surface area contributed by atoms with E-state index in [0.717, 1.165) is 11.3 Å². The molecule has 2 rings (SSSR count). The minimum Gasteiger partial charge on any atom is -0.497 e. The van der Waals surface area contributed by atoms with Crippen LogP contribution in [-0.2, 0) is 9.53 Å². The highest BCUT2D eigenvalue weighted by Gasteiger charge is 2.27. The Bertz CT molecular complexity index is 706. The Balaban J connectivity index is 2.13. The minimum absolute atomic E-state index is 0.0235. The van der Waals surface area contributed by atoms with E-state index >= 15 is 0 Å². The number of aromatic nitrogens is 1. The largest absolute Gasteiger partial charge is 0.497 e. The number of nitrogens with one attached hydrogen (secondary N) is 1. The first kappa shape index (κ1) is 17.5. The van der Waals surface area contributed by atoms with E-state index in [-0.39, 0.29) is 11.7 Å². The maximum atomic E-state index is 12.3. The number of hydrogen-bond donors (Lipinski definition) is 1. The van der Waals surface area contributed by atoms with E-state index < -0.39 is 17.9 Å². The quantitative estimate of drug-likeness (QED) is 0.816. The van der Waals surface area contributed by atoms with Crippen LogP contribution in [0.2, 0.25) is 0 Å². The van der Waals surface area contributed by atoms with Gasteiger partial charge in [-0.25, -0.2) is 4.79 Å². The first-order valence-electron chi connectivity index (χ1n) is 7.46. The molecular weight excluding hydrogens is 312 g/mol. The molecule has 0 aliphatic carbocycles. The Morgan fingerprint density at radius 2 is 1.83 bits per heavy atom. The van der Waals surface area contributed by atoms with E-state index in [0.29, 0.717) is 5.69 Å². The average Bonchev–Trinajstić information content (AvgIpc) is 3.08. The van der Waals surface area contributed by atoms with Crippen molar-refractivity contribution in [2.45, 2.75) is 19.9 Å². The third kappa shape index (κ3) is 3.92. The summed E-state index contributed by atoms with van der Waals surface area (Å²) in [4.78, 5) is 24.0. The summed E-state index contributed by atoms with van der Waals surface area (Å²) in [6.07, 6.45) is 0. The summed E-state index contributed by atoms with van der Waals surface area (Å²) < 4.78 is 14.9. The average molecular weight is 332 g/mol. The molecule has 0 aliphatic heterocycles. The monoisotopic (exact) mass is 332 g/mol. The van der Waals surface area contributed by atoms with Gasteiger partial charge in [0.1, 0.15) is 17.5 Å². The zero-order valence-electron chi connectivity index (χ0n) is 14.0.